The van der Waals surface area contributed by atoms with Crippen LogP contribution in [0.1, 0.15) is 20.7 Å². The van der Waals surface area contributed by atoms with Crippen LogP contribution in [0, 0.1) is 0 Å². The number of carboxylic acids is 2. The minimum Gasteiger partial charge on any atom is -0.545 e. The normalized spacial score (nSPS) is 11.3. The van der Waals surface area contributed by atoms with Crippen molar-refractivity contribution in [2.24, 2.45) is 0 Å². The van der Waals surface area contributed by atoms with E-state index in [4.69, 9.17) is 0 Å². The fourth-order valence-corrected chi connectivity index (χ4v) is 4.01. The van der Waals surface area contributed by atoms with Crippen LogP contribution in [0.15, 0.2) is 60.7 Å². The van der Waals surface area contributed by atoms with E-state index < -0.39 is 11.9 Å². The summed E-state index contributed by atoms with van der Waals surface area (Å²) in [5.41, 5.74) is -0.536. The molecule has 27 heavy (non-hydrogen) atoms. The quantitative estimate of drug-likeness (QED) is 0.280. The van der Waals surface area contributed by atoms with Crippen molar-refractivity contribution in [3.05, 3.63) is 71.8 Å². The molecule has 0 aromatic heterocycles. The van der Waals surface area contributed by atoms with Gasteiger partial charge in [-0.1, -0.05) is 48.5 Å². The van der Waals surface area contributed by atoms with E-state index in [0.29, 0.717) is 10.8 Å². The van der Waals surface area contributed by atoms with Gasteiger partial charge in [0, 0.05) is 5.56 Å². The Morgan fingerprint density at radius 2 is 1.37 bits per heavy atom. The molecule has 0 radical (unpaired) electrons. The zero-order valence-electron chi connectivity index (χ0n) is 14.4. The summed E-state index contributed by atoms with van der Waals surface area (Å²) in [5, 5.41) is 28.4. The van der Waals surface area contributed by atoms with E-state index in [1.165, 1.54) is 6.07 Å². The number of hydrogen-bond acceptors (Lipinski definition) is 3. The van der Waals surface area contributed by atoms with Gasteiger partial charge in [-0.2, -0.15) is 0 Å². The molecule has 1 N–H and O–H groups in total. The molecule has 0 spiro atoms. The van der Waals surface area contributed by atoms with Crippen LogP contribution in [0.2, 0.25) is 0 Å². The molecule has 0 heterocycles. The molecule has 0 aliphatic carbocycles. The van der Waals surface area contributed by atoms with Gasteiger partial charge in [0.1, 0.15) is 0 Å². The molecule has 0 bridgehead atoms. The van der Waals surface area contributed by atoms with Crippen molar-refractivity contribution in [3.8, 4) is 0 Å². The summed E-state index contributed by atoms with van der Waals surface area (Å²) in [6.07, 6.45) is 0. The van der Waals surface area contributed by atoms with Gasteiger partial charge in [-0.15, -0.1) is 0 Å². The molecule has 5 aromatic rings. The number of rotatable bonds is 2. The van der Waals surface area contributed by atoms with Crippen LogP contribution >= 0.6 is 0 Å². The third-order valence-corrected chi connectivity index (χ3v) is 5.08. The molecule has 0 amide bonds. The molecular weight excluding hydrogens is 367 g/mol. The number of carbonyl (C=O) groups is 2. The molecule has 0 aliphatic rings. The van der Waals surface area contributed by atoms with E-state index >= 15 is 0 Å². The molecular formula is C22H11KO4. The molecule has 0 saturated carbocycles. The Morgan fingerprint density at radius 3 is 2.04 bits per heavy atom. The molecule has 4 nitrogen and oxygen atoms in total. The fourth-order valence-electron chi connectivity index (χ4n) is 4.01. The monoisotopic (exact) mass is 378 g/mol. The van der Waals surface area contributed by atoms with Gasteiger partial charge in [0.25, 0.3) is 0 Å². The van der Waals surface area contributed by atoms with Crippen molar-refractivity contribution < 1.29 is 71.2 Å². The van der Waals surface area contributed by atoms with Gasteiger partial charge in [0.05, 0.1) is 11.5 Å². The molecule has 0 atom stereocenters. The summed E-state index contributed by atoms with van der Waals surface area (Å²) < 4.78 is 0. The standard InChI is InChI=1S/C22H12O4.K/c23-21(24)16-9-8-14-15-7-6-12-3-1-2-11-4-5-13(19(15)18(11)12)10-17(14)20(16)22(25)26;/h1-10H,(H,23,24)(H,25,26);/q;+1/p-1. The first-order chi connectivity index (χ1) is 12.6. The van der Waals surface area contributed by atoms with Crippen LogP contribution in [0.25, 0.3) is 43.1 Å². The van der Waals surface area contributed by atoms with Crippen LogP contribution < -0.4 is 56.5 Å². The van der Waals surface area contributed by atoms with Gasteiger partial charge in [-0.25, -0.2) is 4.79 Å². The largest absolute Gasteiger partial charge is 1.00 e. The van der Waals surface area contributed by atoms with Crippen molar-refractivity contribution in [2.45, 2.75) is 0 Å². The topological polar surface area (TPSA) is 77.4 Å². The Bertz CT molecular complexity index is 1370. The van der Waals surface area contributed by atoms with Gasteiger partial charge in [-0.3, -0.25) is 0 Å². The minimum atomic E-state index is -1.49. The fraction of sp³-hybridized carbons (Fsp3) is 0. The van der Waals surface area contributed by atoms with Crippen molar-refractivity contribution >= 4 is 55.0 Å². The van der Waals surface area contributed by atoms with E-state index in [0.717, 1.165) is 32.3 Å². The molecule has 0 aliphatic heterocycles. The first-order valence-corrected chi connectivity index (χ1v) is 8.14. The Labute approximate surface area is 196 Å². The molecule has 0 fully saturated rings. The zero-order valence-corrected chi connectivity index (χ0v) is 17.6. The van der Waals surface area contributed by atoms with E-state index in [-0.39, 0.29) is 62.5 Å². The van der Waals surface area contributed by atoms with Crippen LogP contribution in [0.5, 0.6) is 0 Å². The first-order valence-electron chi connectivity index (χ1n) is 8.14. The van der Waals surface area contributed by atoms with E-state index in [1.807, 2.05) is 42.5 Å². The van der Waals surface area contributed by atoms with Crippen LogP contribution in [-0.4, -0.2) is 17.0 Å². The smallest absolute Gasteiger partial charge is 0.545 e. The SMILES string of the molecule is O=C(O)c1ccc2c(cc3ccc4cccc5ccc2c3c45)c1C(=O)[O-].[K+]. The van der Waals surface area contributed by atoms with E-state index in [1.54, 1.807) is 12.1 Å². The van der Waals surface area contributed by atoms with Gasteiger partial charge in [0.15, 0.2) is 0 Å². The Hall–Kier alpha value is -2.02. The summed E-state index contributed by atoms with van der Waals surface area (Å²) in [7, 11) is 0. The molecule has 0 unspecified atom stereocenters. The van der Waals surface area contributed by atoms with Gasteiger partial charge in [0.2, 0.25) is 0 Å². The summed E-state index contributed by atoms with van der Waals surface area (Å²) in [6, 6.07) is 18.8. The Kier molecular flexibility index (Phi) is 4.45. The Morgan fingerprint density at radius 1 is 0.741 bits per heavy atom. The zero-order chi connectivity index (χ0) is 18.0. The number of benzene rings is 5. The maximum Gasteiger partial charge on any atom is 1.00 e. The van der Waals surface area contributed by atoms with E-state index in [9.17, 15) is 19.8 Å². The number of fused-ring (bicyclic) bond motifs is 2. The second-order valence-corrected chi connectivity index (χ2v) is 6.41. The number of hydrogen-bond donors (Lipinski definition) is 1. The molecule has 5 rings (SSSR count). The van der Waals surface area contributed by atoms with Crippen LogP contribution in [0.4, 0.5) is 0 Å². The van der Waals surface area contributed by atoms with Crippen molar-refractivity contribution in [2.75, 3.05) is 0 Å². The van der Waals surface area contributed by atoms with Crippen LogP contribution in [0.3, 0.4) is 0 Å². The van der Waals surface area contributed by atoms with Gasteiger partial charge < -0.3 is 15.0 Å². The Balaban J connectivity index is 0.00000180. The van der Waals surface area contributed by atoms with Crippen molar-refractivity contribution in [3.63, 3.8) is 0 Å². The second-order valence-electron chi connectivity index (χ2n) is 6.41. The molecule has 0 saturated heterocycles. The summed E-state index contributed by atoms with van der Waals surface area (Å²) >= 11 is 0. The number of carboxylic acid groups (broad SMARTS) is 2. The molecule has 124 valence electrons. The maximum atomic E-state index is 11.7. The van der Waals surface area contributed by atoms with Gasteiger partial charge in [-0.05, 0) is 55.2 Å². The third-order valence-electron chi connectivity index (χ3n) is 5.08. The summed E-state index contributed by atoms with van der Waals surface area (Å²) in [4.78, 5) is 23.2. The predicted octanol–water partition coefficient (Wildman–Crippen LogP) is 0.803. The average molecular weight is 378 g/mol. The van der Waals surface area contributed by atoms with Crippen LogP contribution in [-0.2, 0) is 0 Å². The van der Waals surface area contributed by atoms with Gasteiger partial charge >= 0.3 is 57.4 Å². The first kappa shape index (κ1) is 18.3. The van der Waals surface area contributed by atoms with E-state index in [2.05, 4.69) is 0 Å². The molecule has 5 heteroatoms. The summed E-state index contributed by atoms with van der Waals surface area (Å²) in [5.74, 6) is -2.77. The predicted molar refractivity (Wildman–Crippen MR) is 98.9 cm³/mol. The molecule has 5 aromatic carbocycles. The third kappa shape index (κ3) is 2.58. The van der Waals surface area contributed by atoms with Crippen molar-refractivity contribution in [1.29, 1.82) is 0 Å². The number of aromatic carboxylic acids is 2. The average Bonchev–Trinajstić information content (AvgIpc) is 2.64. The van der Waals surface area contributed by atoms with Crippen molar-refractivity contribution in [1.82, 2.24) is 0 Å². The maximum absolute atomic E-state index is 11.7. The minimum absolute atomic E-state index is 0. The second kappa shape index (κ2) is 6.54. The summed E-state index contributed by atoms with van der Waals surface area (Å²) in [6.45, 7) is 0. The number of carbonyl (C=O) groups excluding carboxylic acids is 1.